The minimum absolute atomic E-state index is 0.0131. The summed E-state index contributed by atoms with van der Waals surface area (Å²) in [7, 11) is 2.08. The molecule has 0 radical (unpaired) electrons. The second-order valence-electron chi connectivity index (χ2n) is 4.87. The van der Waals surface area contributed by atoms with E-state index in [-0.39, 0.29) is 11.9 Å². The molecule has 1 unspecified atom stereocenters. The number of piperazine rings is 1. The Hall–Kier alpha value is -1.46. The van der Waals surface area contributed by atoms with Crippen molar-refractivity contribution in [1.29, 1.82) is 0 Å². The molecule has 1 amide bonds. The van der Waals surface area contributed by atoms with Gasteiger partial charge in [0.05, 0.1) is 0 Å². The summed E-state index contributed by atoms with van der Waals surface area (Å²) in [5.74, 6) is 0.0131. The van der Waals surface area contributed by atoms with Crippen LogP contribution in [0, 0.1) is 0 Å². The minimum Gasteiger partial charge on any atom is -0.332 e. The molecule has 18 heavy (non-hydrogen) atoms. The SMILES string of the molecule is CC1CN(C)CCN1C(=O)c1ccc(CN)cn1. The van der Waals surface area contributed by atoms with Gasteiger partial charge in [-0.2, -0.15) is 0 Å². The number of rotatable bonds is 2. The number of hydrogen-bond donors (Lipinski definition) is 1. The summed E-state index contributed by atoms with van der Waals surface area (Å²) in [5, 5.41) is 0. The number of likely N-dealkylation sites (N-methyl/N-ethyl adjacent to an activating group) is 1. The molecule has 0 saturated carbocycles. The highest BCUT2D eigenvalue weighted by atomic mass is 16.2. The van der Waals surface area contributed by atoms with E-state index in [0.29, 0.717) is 12.2 Å². The lowest BCUT2D eigenvalue weighted by molar-refractivity contribution is 0.0528. The zero-order chi connectivity index (χ0) is 13.1. The molecule has 2 N–H and O–H groups in total. The van der Waals surface area contributed by atoms with Gasteiger partial charge in [-0.05, 0) is 25.6 Å². The third-order valence-electron chi connectivity index (χ3n) is 3.37. The molecule has 1 atom stereocenters. The second kappa shape index (κ2) is 5.46. The van der Waals surface area contributed by atoms with Crippen molar-refractivity contribution in [3.63, 3.8) is 0 Å². The van der Waals surface area contributed by atoms with Crippen molar-refractivity contribution in [3.05, 3.63) is 29.6 Å². The van der Waals surface area contributed by atoms with Crippen molar-refractivity contribution in [2.24, 2.45) is 5.73 Å². The molecule has 5 nitrogen and oxygen atoms in total. The van der Waals surface area contributed by atoms with Crippen LogP contribution in [-0.4, -0.2) is 53.4 Å². The van der Waals surface area contributed by atoms with Gasteiger partial charge in [0.15, 0.2) is 0 Å². The number of carbonyl (C=O) groups is 1. The summed E-state index contributed by atoms with van der Waals surface area (Å²) in [6.45, 7) is 5.11. The largest absolute Gasteiger partial charge is 0.332 e. The Morgan fingerprint density at radius 2 is 2.28 bits per heavy atom. The lowest BCUT2D eigenvalue weighted by atomic mass is 10.1. The number of hydrogen-bond acceptors (Lipinski definition) is 4. The molecule has 1 fully saturated rings. The molecular formula is C13H20N4O. The van der Waals surface area contributed by atoms with Gasteiger partial charge in [-0.25, -0.2) is 0 Å². The molecule has 2 rings (SSSR count). The molecule has 0 spiro atoms. The summed E-state index contributed by atoms with van der Waals surface area (Å²) < 4.78 is 0. The fraction of sp³-hybridized carbons (Fsp3) is 0.538. The Morgan fingerprint density at radius 1 is 1.50 bits per heavy atom. The molecule has 1 aromatic rings. The minimum atomic E-state index is 0.0131. The molecule has 0 bridgehead atoms. The quantitative estimate of drug-likeness (QED) is 0.818. The van der Waals surface area contributed by atoms with Gasteiger partial charge in [0.1, 0.15) is 5.69 Å². The predicted octanol–water partition coefficient (Wildman–Crippen LogP) is 0.316. The van der Waals surface area contributed by atoms with Gasteiger partial charge < -0.3 is 15.5 Å². The Morgan fingerprint density at radius 3 is 2.83 bits per heavy atom. The summed E-state index contributed by atoms with van der Waals surface area (Å²) >= 11 is 0. The van der Waals surface area contributed by atoms with Gasteiger partial charge in [-0.3, -0.25) is 9.78 Å². The average Bonchev–Trinajstić information content (AvgIpc) is 2.38. The van der Waals surface area contributed by atoms with E-state index in [1.807, 2.05) is 11.0 Å². The number of nitrogens with two attached hydrogens (primary N) is 1. The van der Waals surface area contributed by atoms with Gasteiger partial charge in [-0.1, -0.05) is 6.07 Å². The molecule has 1 aliphatic heterocycles. The van der Waals surface area contributed by atoms with E-state index in [0.717, 1.165) is 25.2 Å². The topological polar surface area (TPSA) is 62.5 Å². The summed E-state index contributed by atoms with van der Waals surface area (Å²) in [4.78, 5) is 20.7. The number of pyridine rings is 1. The van der Waals surface area contributed by atoms with E-state index in [1.54, 1.807) is 12.3 Å². The number of aromatic nitrogens is 1. The van der Waals surface area contributed by atoms with Crippen LogP contribution in [0.15, 0.2) is 18.3 Å². The summed E-state index contributed by atoms with van der Waals surface area (Å²) in [6, 6.07) is 3.85. The van der Waals surface area contributed by atoms with Crippen LogP contribution in [0.5, 0.6) is 0 Å². The molecule has 98 valence electrons. The molecule has 1 saturated heterocycles. The molecule has 1 aliphatic rings. The van der Waals surface area contributed by atoms with Crippen LogP contribution in [0.1, 0.15) is 23.0 Å². The van der Waals surface area contributed by atoms with Crippen molar-refractivity contribution in [2.45, 2.75) is 19.5 Å². The van der Waals surface area contributed by atoms with E-state index in [9.17, 15) is 4.79 Å². The van der Waals surface area contributed by atoms with Crippen LogP contribution in [0.25, 0.3) is 0 Å². The van der Waals surface area contributed by atoms with Gasteiger partial charge in [-0.15, -0.1) is 0 Å². The molecule has 0 aliphatic carbocycles. The second-order valence-corrected chi connectivity index (χ2v) is 4.87. The molecule has 0 aromatic carbocycles. The van der Waals surface area contributed by atoms with Crippen LogP contribution < -0.4 is 5.73 Å². The van der Waals surface area contributed by atoms with Gasteiger partial charge in [0.25, 0.3) is 5.91 Å². The number of amides is 1. The van der Waals surface area contributed by atoms with Gasteiger partial charge in [0, 0.05) is 38.4 Å². The third-order valence-corrected chi connectivity index (χ3v) is 3.37. The van der Waals surface area contributed by atoms with Crippen molar-refractivity contribution < 1.29 is 4.79 Å². The van der Waals surface area contributed by atoms with Crippen molar-refractivity contribution in [1.82, 2.24) is 14.8 Å². The Bertz CT molecular complexity index is 418. The smallest absolute Gasteiger partial charge is 0.272 e. The highest BCUT2D eigenvalue weighted by Gasteiger charge is 2.26. The summed E-state index contributed by atoms with van der Waals surface area (Å²) in [5.41, 5.74) is 6.96. The van der Waals surface area contributed by atoms with Crippen molar-refractivity contribution in [2.75, 3.05) is 26.7 Å². The van der Waals surface area contributed by atoms with Crippen molar-refractivity contribution in [3.8, 4) is 0 Å². The lowest BCUT2D eigenvalue weighted by Crippen LogP contribution is -2.52. The predicted molar refractivity (Wildman–Crippen MR) is 70.1 cm³/mol. The number of nitrogens with zero attached hydrogens (tertiary/aromatic N) is 3. The van der Waals surface area contributed by atoms with E-state index >= 15 is 0 Å². The first-order valence-corrected chi connectivity index (χ1v) is 6.26. The maximum atomic E-state index is 12.3. The zero-order valence-electron chi connectivity index (χ0n) is 11.0. The van der Waals surface area contributed by atoms with E-state index in [4.69, 9.17) is 5.73 Å². The normalized spacial score (nSPS) is 21.1. The fourth-order valence-corrected chi connectivity index (χ4v) is 2.26. The lowest BCUT2D eigenvalue weighted by Gasteiger charge is -2.38. The van der Waals surface area contributed by atoms with Crippen molar-refractivity contribution >= 4 is 5.91 Å². The Labute approximate surface area is 108 Å². The summed E-state index contributed by atoms with van der Waals surface area (Å²) in [6.07, 6.45) is 1.67. The van der Waals surface area contributed by atoms with E-state index < -0.39 is 0 Å². The molecular weight excluding hydrogens is 228 g/mol. The first-order valence-electron chi connectivity index (χ1n) is 6.26. The van der Waals surface area contributed by atoms with Gasteiger partial charge >= 0.3 is 0 Å². The van der Waals surface area contributed by atoms with Crippen LogP contribution in [0.2, 0.25) is 0 Å². The zero-order valence-corrected chi connectivity index (χ0v) is 11.0. The number of carbonyl (C=O) groups excluding carboxylic acids is 1. The van der Waals surface area contributed by atoms with E-state index in [2.05, 4.69) is 23.9 Å². The maximum Gasteiger partial charge on any atom is 0.272 e. The monoisotopic (exact) mass is 248 g/mol. The van der Waals surface area contributed by atoms with Crippen LogP contribution in [0.3, 0.4) is 0 Å². The first kappa shape index (κ1) is 13.0. The average molecular weight is 248 g/mol. The first-order chi connectivity index (χ1) is 8.61. The highest BCUT2D eigenvalue weighted by Crippen LogP contribution is 2.12. The van der Waals surface area contributed by atoms with Crippen LogP contribution in [-0.2, 0) is 6.54 Å². The standard InChI is InChI=1S/C13H20N4O/c1-10-9-16(2)5-6-17(10)13(18)12-4-3-11(7-14)8-15-12/h3-4,8,10H,5-7,9,14H2,1-2H3. The highest BCUT2D eigenvalue weighted by molar-refractivity contribution is 5.92. The Balaban J connectivity index is 2.10. The fourth-order valence-electron chi connectivity index (χ4n) is 2.26. The molecule has 2 heterocycles. The Kier molecular flexibility index (Phi) is 3.93. The van der Waals surface area contributed by atoms with Gasteiger partial charge in [0.2, 0.25) is 0 Å². The molecule has 5 heteroatoms. The van der Waals surface area contributed by atoms with E-state index in [1.165, 1.54) is 0 Å². The molecule has 1 aromatic heterocycles. The maximum absolute atomic E-state index is 12.3. The van der Waals surface area contributed by atoms with Crippen LogP contribution in [0.4, 0.5) is 0 Å². The third kappa shape index (κ3) is 2.68. The van der Waals surface area contributed by atoms with Crippen LogP contribution >= 0.6 is 0 Å².